The van der Waals surface area contributed by atoms with E-state index in [1.165, 1.54) is 12.1 Å². The first kappa shape index (κ1) is 15.7. The Morgan fingerprint density at radius 2 is 1.95 bits per heavy atom. The second-order valence-corrected chi connectivity index (χ2v) is 5.68. The molecule has 2 rings (SSSR count). The minimum Gasteiger partial charge on any atom is -0.370 e. The number of halogens is 2. The van der Waals surface area contributed by atoms with Crippen molar-refractivity contribution in [2.75, 3.05) is 11.9 Å². The highest BCUT2D eigenvalue weighted by atomic mass is 35.5. The summed E-state index contributed by atoms with van der Waals surface area (Å²) in [6.45, 7) is 8.76. The van der Waals surface area contributed by atoms with Crippen molar-refractivity contribution in [2.24, 2.45) is 0 Å². The third-order valence-electron chi connectivity index (χ3n) is 3.16. The van der Waals surface area contributed by atoms with Crippen LogP contribution in [0.1, 0.15) is 38.1 Å². The molecule has 1 N–H and O–H groups in total. The Balaban J connectivity index is 2.65. The number of hydrogen-bond donors (Lipinski definition) is 1. The average molecular weight is 308 g/mol. The maximum Gasteiger partial charge on any atom is 0.133 e. The van der Waals surface area contributed by atoms with Gasteiger partial charge in [-0.3, -0.25) is 0 Å². The normalized spacial score (nSPS) is 11.0. The lowest BCUT2D eigenvalue weighted by molar-refractivity contribution is 0.628. The molecular weight excluding hydrogens is 289 g/mol. The summed E-state index contributed by atoms with van der Waals surface area (Å²) in [4.78, 5) is 9.13. The minimum absolute atomic E-state index is 0.186. The molecule has 3 nitrogen and oxygen atoms in total. The Morgan fingerprint density at radius 3 is 2.52 bits per heavy atom. The van der Waals surface area contributed by atoms with Gasteiger partial charge in [0, 0.05) is 28.6 Å². The van der Waals surface area contributed by atoms with Crippen LogP contribution >= 0.6 is 11.6 Å². The number of rotatable bonds is 4. The van der Waals surface area contributed by atoms with Gasteiger partial charge < -0.3 is 5.32 Å². The van der Waals surface area contributed by atoms with Crippen molar-refractivity contribution in [3.05, 3.63) is 40.4 Å². The molecule has 0 aliphatic heterocycles. The van der Waals surface area contributed by atoms with E-state index >= 15 is 0 Å². The maximum absolute atomic E-state index is 13.6. The third-order valence-corrected chi connectivity index (χ3v) is 3.38. The molecule has 1 aromatic carbocycles. The monoisotopic (exact) mass is 307 g/mol. The molecule has 0 aliphatic rings. The quantitative estimate of drug-likeness (QED) is 0.881. The van der Waals surface area contributed by atoms with E-state index in [1.807, 2.05) is 27.7 Å². The fourth-order valence-corrected chi connectivity index (χ4v) is 2.33. The van der Waals surface area contributed by atoms with Crippen LogP contribution in [0.25, 0.3) is 11.3 Å². The van der Waals surface area contributed by atoms with Crippen molar-refractivity contribution < 1.29 is 4.39 Å². The molecule has 1 aromatic heterocycles. The molecule has 0 saturated heterocycles. The lowest BCUT2D eigenvalue weighted by Crippen LogP contribution is -2.09. The fourth-order valence-electron chi connectivity index (χ4n) is 2.10. The van der Waals surface area contributed by atoms with E-state index < -0.39 is 0 Å². The van der Waals surface area contributed by atoms with Gasteiger partial charge in [0.25, 0.3) is 0 Å². The molecule has 0 atom stereocenters. The summed E-state index contributed by atoms with van der Waals surface area (Å²) in [5.41, 5.74) is 2.27. The van der Waals surface area contributed by atoms with Crippen molar-refractivity contribution in [3.8, 4) is 11.3 Å². The van der Waals surface area contributed by atoms with Crippen LogP contribution in [0.3, 0.4) is 0 Å². The molecule has 2 aromatic rings. The highest BCUT2D eigenvalue weighted by molar-refractivity contribution is 6.30. The summed E-state index contributed by atoms with van der Waals surface area (Å²) in [5, 5.41) is 3.59. The molecule has 0 unspecified atom stereocenters. The maximum atomic E-state index is 13.6. The van der Waals surface area contributed by atoms with E-state index in [2.05, 4.69) is 15.3 Å². The van der Waals surface area contributed by atoms with E-state index in [1.54, 1.807) is 6.07 Å². The van der Waals surface area contributed by atoms with Crippen LogP contribution in [-0.4, -0.2) is 16.5 Å². The van der Waals surface area contributed by atoms with Crippen LogP contribution in [-0.2, 0) is 0 Å². The second kappa shape index (κ2) is 6.39. The predicted octanol–water partition coefficient (Wildman–Crippen LogP) is 4.80. The topological polar surface area (TPSA) is 37.8 Å². The van der Waals surface area contributed by atoms with Crippen LogP contribution < -0.4 is 5.32 Å². The lowest BCUT2D eigenvalue weighted by Gasteiger charge is -2.15. The molecular formula is C16H19ClFN3. The number of nitrogens with one attached hydrogen (secondary N) is 1. The molecule has 0 spiro atoms. The molecule has 0 aliphatic carbocycles. The third kappa shape index (κ3) is 3.50. The van der Waals surface area contributed by atoms with Crippen LogP contribution in [0.15, 0.2) is 18.2 Å². The van der Waals surface area contributed by atoms with Gasteiger partial charge in [-0.1, -0.05) is 25.4 Å². The van der Waals surface area contributed by atoms with Gasteiger partial charge in [-0.2, -0.15) is 0 Å². The Hall–Kier alpha value is -1.68. The zero-order valence-electron chi connectivity index (χ0n) is 12.7. The van der Waals surface area contributed by atoms with Gasteiger partial charge in [0.2, 0.25) is 0 Å². The number of hydrogen-bond acceptors (Lipinski definition) is 3. The Labute approximate surface area is 129 Å². The number of aromatic nitrogens is 2. The van der Waals surface area contributed by atoms with Crippen molar-refractivity contribution in [2.45, 2.75) is 33.6 Å². The zero-order valence-corrected chi connectivity index (χ0v) is 13.4. The SMILES string of the molecule is CCNc1nc(C(C)C)nc(-c2cc(F)cc(Cl)c2)c1C. The molecule has 0 amide bonds. The van der Waals surface area contributed by atoms with Crippen molar-refractivity contribution >= 4 is 17.4 Å². The van der Waals surface area contributed by atoms with Crippen molar-refractivity contribution in [3.63, 3.8) is 0 Å². The molecule has 21 heavy (non-hydrogen) atoms. The van der Waals surface area contributed by atoms with Gasteiger partial charge in [-0.05, 0) is 32.0 Å². The predicted molar refractivity (Wildman–Crippen MR) is 85.4 cm³/mol. The van der Waals surface area contributed by atoms with Crippen LogP contribution in [0, 0.1) is 12.7 Å². The molecule has 5 heteroatoms. The zero-order chi connectivity index (χ0) is 15.6. The first-order chi connectivity index (χ1) is 9.92. The van der Waals surface area contributed by atoms with Crippen molar-refractivity contribution in [1.82, 2.24) is 9.97 Å². The highest BCUT2D eigenvalue weighted by Crippen LogP contribution is 2.30. The Kier molecular flexibility index (Phi) is 4.78. The lowest BCUT2D eigenvalue weighted by atomic mass is 10.1. The number of anilines is 1. The van der Waals surface area contributed by atoms with Gasteiger partial charge in [0.05, 0.1) is 5.69 Å². The molecule has 0 bridgehead atoms. The smallest absolute Gasteiger partial charge is 0.133 e. The van der Waals surface area contributed by atoms with Gasteiger partial charge in [0.15, 0.2) is 0 Å². The van der Waals surface area contributed by atoms with E-state index in [0.717, 1.165) is 23.8 Å². The molecule has 0 fully saturated rings. The van der Waals surface area contributed by atoms with Crippen LogP contribution in [0.2, 0.25) is 5.02 Å². The van der Waals surface area contributed by atoms with E-state index in [-0.39, 0.29) is 11.7 Å². The average Bonchev–Trinajstić information content (AvgIpc) is 2.39. The summed E-state index contributed by atoms with van der Waals surface area (Å²) in [7, 11) is 0. The second-order valence-electron chi connectivity index (χ2n) is 5.25. The highest BCUT2D eigenvalue weighted by Gasteiger charge is 2.15. The first-order valence-corrected chi connectivity index (χ1v) is 7.39. The summed E-state index contributed by atoms with van der Waals surface area (Å²) < 4.78 is 13.6. The fraction of sp³-hybridized carbons (Fsp3) is 0.375. The van der Waals surface area contributed by atoms with Gasteiger partial charge in [-0.25, -0.2) is 14.4 Å². The van der Waals surface area contributed by atoms with Crippen molar-refractivity contribution in [1.29, 1.82) is 0 Å². The summed E-state index contributed by atoms with van der Waals surface area (Å²) >= 11 is 5.96. The standard InChI is InChI=1S/C16H19ClFN3/c1-5-19-16-10(4)14(20-15(21-16)9(2)3)11-6-12(17)8-13(18)7-11/h6-9H,5H2,1-4H3,(H,19,20,21). The van der Waals surface area contributed by atoms with E-state index in [4.69, 9.17) is 11.6 Å². The largest absolute Gasteiger partial charge is 0.370 e. The van der Waals surface area contributed by atoms with Crippen LogP contribution in [0.5, 0.6) is 0 Å². The summed E-state index contributed by atoms with van der Waals surface area (Å²) in [5.74, 6) is 1.33. The summed E-state index contributed by atoms with van der Waals surface area (Å²) in [6, 6.07) is 4.46. The first-order valence-electron chi connectivity index (χ1n) is 7.01. The van der Waals surface area contributed by atoms with Gasteiger partial charge in [0.1, 0.15) is 17.5 Å². The molecule has 112 valence electrons. The molecule has 0 radical (unpaired) electrons. The van der Waals surface area contributed by atoms with Crippen LogP contribution in [0.4, 0.5) is 10.2 Å². The molecule has 1 heterocycles. The number of nitrogens with zero attached hydrogens (tertiary/aromatic N) is 2. The van der Waals surface area contributed by atoms with E-state index in [9.17, 15) is 4.39 Å². The van der Waals surface area contributed by atoms with E-state index in [0.29, 0.717) is 16.3 Å². The molecule has 0 saturated carbocycles. The minimum atomic E-state index is -0.369. The number of benzene rings is 1. The summed E-state index contributed by atoms with van der Waals surface area (Å²) in [6.07, 6.45) is 0. The Bertz CT molecular complexity index is 636. The van der Waals surface area contributed by atoms with Gasteiger partial charge >= 0.3 is 0 Å². The van der Waals surface area contributed by atoms with Gasteiger partial charge in [-0.15, -0.1) is 0 Å². The Morgan fingerprint density at radius 1 is 1.24 bits per heavy atom.